The molecule has 1 heterocycles. The van der Waals surface area contributed by atoms with E-state index in [0.717, 1.165) is 22.3 Å². The van der Waals surface area contributed by atoms with Crippen LogP contribution in [0, 0.1) is 0 Å². The summed E-state index contributed by atoms with van der Waals surface area (Å²) in [5, 5.41) is 2.41. The molecule has 0 aromatic heterocycles. The molecule has 0 saturated carbocycles. The van der Waals surface area contributed by atoms with Crippen molar-refractivity contribution in [1.82, 2.24) is 4.90 Å². The molecule has 1 saturated heterocycles. The number of hydrogen-bond donors (Lipinski definition) is 0. The Morgan fingerprint density at radius 3 is 1.66 bits per heavy atom. The highest BCUT2D eigenvalue weighted by molar-refractivity contribution is 6.99. The second-order valence-corrected chi connectivity index (χ2v) is 27.8. The third-order valence-electron chi connectivity index (χ3n) is 11.2. The fourth-order valence-electron chi connectivity index (χ4n) is 7.48. The molecular formula is C47H63NO6Si2. The largest absolute Gasteiger partial charge is 0.455 e. The Morgan fingerprint density at radius 2 is 1.21 bits per heavy atom. The molecule has 4 aromatic rings. The minimum absolute atomic E-state index is 0.00123. The average Bonchev–Trinajstić information content (AvgIpc) is 3.53. The molecule has 0 aliphatic carbocycles. The van der Waals surface area contributed by atoms with E-state index < -0.39 is 46.4 Å². The first kappa shape index (κ1) is 43.1. The van der Waals surface area contributed by atoms with E-state index >= 15 is 0 Å². The first-order chi connectivity index (χ1) is 26.1. The Morgan fingerprint density at radius 1 is 0.714 bits per heavy atom. The van der Waals surface area contributed by atoms with Crippen LogP contribution in [0.3, 0.4) is 0 Å². The van der Waals surface area contributed by atoms with Crippen molar-refractivity contribution in [2.45, 2.75) is 129 Å². The van der Waals surface area contributed by atoms with Gasteiger partial charge in [0.2, 0.25) is 0 Å². The van der Waals surface area contributed by atoms with E-state index in [4.69, 9.17) is 18.3 Å². The minimum Gasteiger partial charge on any atom is -0.455 e. The smallest absolute Gasteiger partial charge is 0.410 e. The molecule has 4 aromatic carbocycles. The van der Waals surface area contributed by atoms with Crippen LogP contribution >= 0.6 is 0 Å². The van der Waals surface area contributed by atoms with Crippen LogP contribution in [0.4, 0.5) is 4.79 Å². The van der Waals surface area contributed by atoms with Gasteiger partial charge in [0.05, 0.1) is 18.8 Å². The number of ether oxygens (including phenoxy) is 2. The number of amides is 1. The van der Waals surface area contributed by atoms with Gasteiger partial charge in [0, 0.05) is 13.5 Å². The highest BCUT2D eigenvalue weighted by Crippen LogP contribution is 2.42. The van der Waals surface area contributed by atoms with Gasteiger partial charge in [0.1, 0.15) is 11.7 Å². The van der Waals surface area contributed by atoms with Crippen LogP contribution in [0.2, 0.25) is 23.2 Å². The maximum absolute atomic E-state index is 13.7. The van der Waals surface area contributed by atoms with Crippen molar-refractivity contribution in [3.05, 3.63) is 120 Å². The third-order valence-corrected chi connectivity index (χ3v) is 20.8. The van der Waals surface area contributed by atoms with Crippen LogP contribution in [0.5, 0.6) is 0 Å². The summed E-state index contributed by atoms with van der Waals surface area (Å²) in [4.78, 5) is 28.0. The zero-order valence-corrected chi connectivity index (χ0v) is 37.6. The second-order valence-electron chi connectivity index (χ2n) is 18.7. The van der Waals surface area contributed by atoms with Crippen molar-refractivity contribution in [2.75, 3.05) is 6.54 Å². The number of carbonyl (C=O) groups is 2. The van der Waals surface area contributed by atoms with E-state index in [1.54, 1.807) is 4.90 Å². The Balaban J connectivity index is 1.39. The molecule has 1 aliphatic rings. The quantitative estimate of drug-likeness (QED) is 0.111. The number of likely N-dealkylation sites (tertiary alicyclic amines) is 1. The van der Waals surface area contributed by atoms with Crippen LogP contribution in [-0.4, -0.2) is 57.9 Å². The maximum Gasteiger partial charge on any atom is 0.410 e. The number of carbonyl (C=O) groups excluding carboxylic acids is 2. The first-order valence-electron chi connectivity index (χ1n) is 19.9. The summed E-state index contributed by atoms with van der Waals surface area (Å²) in [6.07, 6.45) is -0.798. The molecule has 5 rings (SSSR count). The van der Waals surface area contributed by atoms with E-state index in [9.17, 15) is 9.59 Å². The molecule has 300 valence electrons. The number of rotatable bonds is 11. The van der Waals surface area contributed by atoms with Gasteiger partial charge in [0.15, 0.2) is 8.32 Å². The molecular weight excluding hydrogens is 731 g/mol. The lowest BCUT2D eigenvalue weighted by atomic mass is 9.96. The summed E-state index contributed by atoms with van der Waals surface area (Å²) >= 11 is 0. The molecule has 56 heavy (non-hydrogen) atoms. The highest BCUT2D eigenvalue weighted by atomic mass is 28.4. The predicted molar refractivity (Wildman–Crippen MR) is 232 cm³/mol. The van der Waals surface area contributed by atoms with Crippen molar-refractivity contribution < 1.29 is 27.9 Å². The fourth-order valence-corrected chi connectivity index (χ4v) is 13.4. The second kappa shape index (κ2) is 16.8. The predicted octanol–water partition coefficient (Wildman–Crippen LogP) is 10.4. The molecule has 0 bridgehead atoms. The van der Waals surface area contributed by atoms with Crippen molar-refractivity contribution in [2.24, 2.45) is 0 Å². The molecule has 7 nitrogen and oxygen atoms in total. The van der Waals surface area contributed by atoms with E-state index in [-0.39, 0.29) is 16.2 Å². The lowest BCUT2D eigenvalue weighted by Crippen LogP contribution is -2.66. The van der Waals surface area contributed by atoms with Gasteiger partial charge in [-0.2, -0.15) is 0 Å². The summed E-state index contributed by atoms with van der Waals surface area (Å²) < 4.78 is 25.9. The molecule has 1 fully saturated rings. The molecule has 1 unspecified atom stereocenters. The molecule has 3 atom stereocenters. The van der Waals surface area contributed by atoms with Gasteiger partial charge in [-0.05, 0) is 83.0 Å². The van der Waals surface area contributed by atoms with E-state index in [0.29, 0.717) is 19.6 Å². The van der Waals surface area contributed by atoms with E-state index in [2.05, 4.69) is 152 Å². The van der Waals surface area contributed by atoms with Crippen molar-refractivity contribution in [3.8, 4) is 11.1 Å². The van der Waals surface area contributed by atoms with E-state index in [1.807, 2.05) is 32.9 Å². The Bertz CT molecular complexity index is 1870. The van der Waals surface area contributed by atoms with Crippen LogP contribution in [-0.2, 0) is 29.7 Å². The minimum atomic E-state index is -2.67. The van der Waals surface area contributed by atoms with Gasteiger partial charge in [0.25, 0.3) is 8.32 Å². The third kappa shape index (κ3) is 9.91. The SMILES string of the molecule is CC(=O)OC(c1ccc(-c2ccc(CO[Si](c3ccccc3)(c3ccccc3)C(C)(C)C)cc2)cc1)[C@@H]1C[C@@H](O[Si](C)(C)C(C)(C)C)CN1C(=O)OC(C)(C)C. The summed E-state index contributed by atoms with van der Waals surface area (Å²) in [6, 6.07) is 37.6. The Hall–Kier alpha value is -4.03. The van der Waals surface area contributed by atoms with Gasteiger partial charge in [-0.15, -0.1) is 0 Å². The summed E-state index contributed by atoms with van der Waals surface area (Å²) in [5.74, 6) is -0.409. The van der Waals surface area contributed by atoms with Crippen LogP contribution in [0.1, 0.15) is 92.9 Å². The monoisotopic (exact) mass is 793 g/mol. The fraction of sp³-hybridized carbons (Fsp3) is 0.447. The molecule has 9 heteroatoms. The van der Waals surface area contributed by atoms with Gasteiger partial charge >= 0.3 is 12.1 Å². The lowest BCUT2D eigenvalue weighted by molar-refractivity contribution is -0.150. The average molecular weight is 794 g/mol. The topological polar surface area (TPSA) is 74.3 Å². The zero-order chi connectivity index (χ0) is 41.1. The zero-order valence-electron chi connectivity index (χ0n) is 35.6. The van der Waals surface area contributed by atoms with Crippen LogP contribution < -0.4 is 10.4 Å². The normalized spacial score (nSPS) is 17.4. The van der Waals surface area contributed by atoms with Crippen LogP contribution in [0.15, 0.2) is 109 Å². The first-order valence-corrected chi connectivity index (χ1v) is 24.7. The van der Waals surface area contributed by atoms with Crippen molar-refractivity contribution in [1.29, 1.82) is 0 Å². The summed E-state index contributed by atoms with van der Waals surface area (Å²) in [7, 11) is -4.83. The number of esters is 1. The molecule has 0 N–H and O–H groups in total. The molecule has 1 aliphatic heterocycles. The van der Waals surface area contributed by atoms with Crippen molar-refractivity contribution >= 4 is 39.1 Å². The van der Waals surface area contributed by atoms with Crippen molar-refractivity contribution in [3.63, 3.8) is 0 Å². The number of hydrogen-bond acceptors (Lipinski definition) is 6. The van der Waals surface area contributed by atoms with Crippen LogP contribution in [0.25, 0.3) is 11.1 Å². The molecule has 0 spiro atoms. The highest BCUT2D eigenvalue weighted by Gasteiger charge is 2.50. The lowest BCUT2D eigenvalue weighted by Gasteiger charge is -2.43. The van der Waals surface area contributed by atoms with Gasteiger partial charge in [-0.1, -0.05) is 151 Å². The number of benzene rings is 4. The van der Waals surface area contributed by atoms with E-state index in [1.165, 1.54) is 17.3 Å². The molecule has 0 radical (unpaired) electrons. The number of nitrogens with zero attached hydrogens (tertiary/aromatic N) is 1. The van der Waals surface area contributed by atoms with Gasteiger partial charge in [-0.25, -0.2) is 4.79 Å². The Labute approximate surface area is 338 Å². The maximum atomic E-state index is 13.7. The van der Waals surface area contributed by atoms with Gasteiger partial charge < -0.3 is 18.3 Å². The summed E-state index contributed by atoms with van der Waals surface area (Å²) in [6.45, 7) is 25.8. The molecule has 1 amide bonds. The summed E-state index contributed by atoms with van der Waals surface area (Å²) in [5.41, 5.74) is 3.33. The van der Waals surface area contributed by atoms with Gasteiger partial charge in [-0.3, -0.25) is 9.69 Å². The standard InChI is InChI=1S/C47H63NO6Si2/c1-34(49)52-43(42-31-39(54-55(11,12)46(5,6)7)32-48(42)44(50)53-45(2,3)4)38-29-27-37(28-30-38)36-25-23-35(24-26-36)33-51-56(47(8,9)10,40-19-15-13-16-20-40)41-21-17-14-18-22-41/h13-30,39,42-43H,31-33H2,1-12H3/t39-,42+,43?/m1/s1. The Kier molecular flexibility index (Phi) is 13.0.